The van der Waals surface area contributed by atoms with Gasteiger partial charge in [-0.3, -0.25) is 0 Å². The molecule has 2 aliphatic rings. The van der Waals surface area contributed by atoms with Gasteiger partial charge in [-0.2, -0.15) is 0 Å². The van der Waals surface area contributed by atoms with E-state index >= 15 is 0 Å². The second-order valence-corrected chi connectivity index (χ2v) is 9.48. The summed E-state index contributed by atoms with van der Waals surface area (Å²) in [5, 5.41) is 5.02. The van der Waals surface area contributed by atoms with Crippen LogP contribution in [-0.2, 0) is 11.2 Å². The predicted molar refractivity (Wildman–Crippen MR) is 117 cm³/mol. The van der Waals surface area contributed by atoms with Crippen molar-refractivity contribution in [1.82, 2.24) is 9.97 Å². The number of rotatable bonds is 6. The zero-order valence-corrected chi connectivity index (χ0v) is 18.0. The highest BCUT2D eigenvalue weighted by atomic mass is 32.1. The molecule has 1 unspecified atom stereocenters. The number of hydrogen-bond acceptors (Lipinski definition) is 5. The van der Waals surface area contributed by atoms with E-state index in [9.17, 15) is 0 Å². The zero-order chi connectivity index (χ0) is 19.7. The smallest absolute Gasteiger partial charge is 0.142 e. The van der Waals surface area contributed by atoms with E-state index in [1.165, 1.54) is 47.9 Å². The first-order valence-corrected chi connectivity index (χ1v) is 11.1. The lowest BCUT2D eigenvalue weighted by Gasteiger charge is -2.27. The molecule has 5 nitrogen and oxygen atoms in total. The van der Waals surface area contributed by atoms with Gasteiger partial charge in [-0.25, -0.2) is 14.5 Å². The third kappa shape index (κ3) is 3.93. The molecule has 0 spiro atoms. The number of ether oxygens (including phenoxy) is 1. The minimum absolute atomic E-state index is 0.466. The first-order chi connectivity index (χ1) is 13.5. The van der Waals surface area contributed by atoms with E-state index in [2.05, 4.69) is 46.7 Å². The van der Waals surface area contributed by atoms with Crippen molar-refractivity contribution in [3.63, 3.8) is 0 Å². The van der Waals surface area contributed by atoms with E-state index in [4.69, 9.17) is 4.74 Å². The molecule has 0 radical (unpaired) electrons. The fraction of sp³-hybridized carbons (Fsp3) is 0.591. The monoisotopic (exact) mass is 399 g/mol. The van der Waals surface area contributed by atoms with Crippen molar-refractivity contribution in [2.45, 2.75) is 56.9 Å². The number of hydrogen-bond donors (Lipinski definition) is 1. The second kappa shape index (κ2) is 8.19. The van der Waals surface area contributed by atoms with Gasteiger partial charge < -0.3 is 10.1 Å². The molecule has 0 saturated heterocycles. The summed E-state index contributed by atoms with van der Waals surface area (Å²) >= 11 is 1.84. The quantitative estimate of drug-likeness (QED) is 0.439. The van der Waals surface area contributed by atoms with Gasteiger partial charge in [-0.15, -0.1) is 11.3 Å². The number of allylic oxidation sites excluding steroid dienone is 1. The highest BCUT2D eigenvalue weighted by molar-refractivity contribution is 7.19. The molecule has 2 aromatic rings. The van der Waals surface area contributed by atoms with Gasteiger partial charge >= 0.3 is 0 Å². The Morgan fingerprint density at radius 3 is 2.79 bits per heavy atom. The normalized spacial score (nSPS) is 24.0. The van der Waals surface area contributed by atoms with Gasteiger partial charge in [-0.1, -0.05) is 6.58 Å². The van der Waals surface area contributed by atoms with Crippen LogP contribution in [0.3, 0.4) is 0 Å². The zero-order valence-electron chi connectivity index (χ0n) is 17.2. The van der Waals surface area contributed by atoms with Gasteiger partial charge in [0.05, 0.1) is 18.3 Å². The van der Waals surface area contributed by atoms with Crippen molar-refractivity contribution in [3.8, 4) is 0 Å². The maximum Gasteiger partial charge on any atom is 0.142 e. The van der Waals surface area contributed by atoms with E-state index < -0.39 is 0 Å². The SMILES string of the molecule is C=C(CC1CCc2sc3ncnc(NC4CCC(C=[N+](C)C)CC4)c3c21)OC. The predicted octanol–water partition coefficient (Wildman–Crippen LogP) is 4.58. The number of nitrogens with one attached hydrogen (secondary N) is 1. The fourth-order valence-corrected chi connectivity index (χ4v) is 6.01. The highest BCUT2D eigenvalue weighted by Crippen LogP contribution is 2.47. The molecule has 2 aromatic heterocycles. The molecular weight excluding hydrogens is 368 g/mol. The van der Waals surface area contributed by atoms with Crippen LogP contribution in [0.4, 0.5) is 5.82 Å². The van der Waals surface area contributed by atoms with Gasteiger partial charge in [0, 0.05) is 23.3 Å². The van der Waals surface area contributed by atoms with Crippen LogP contribution in [-0.4, -0.2) is 48.0 Å². The van der Waals surface area contributed by atoms with Gasteiger partial charge in [0.1, 0.15) is 37.3 Å². The number of nitrogens with zero attached hydrogens (tertiary/aromatic N) is 3. The Balaban J connectivity index is 1.56. The molecule has 1 N–H and O–H groups in total. The largest absolute Gasteiger partial charge is 0.502 e. The van der Waals surface area contributed by atoms with E-state index in [0.29, 0.717) is 17.9 Å². The third-order valence-electron chi connectivity index (χ3n) is 6.11. The fourth-order valence-electron chi connectivity index (χ4n) is 4.77. The molecule has 2 heterocycles. The Labute approximate surface area is 171 Å². The highest BCUT2D eigenvalue weighted by Gasteiger charge is 2.31. The Morgan fingerprint density at radius 1 is 1.29 bits per heavy atom. The molecule has 4 rings (SSSR count). The van der Waals surface area contributed by atoms with Crippen molar-refractivity contribution in [3.05, 3.63) is 29.1 Å². The molecule has 1 fully saturated rings. The lowest BCUT2D eigenvalue weighted by atomic mass is 9.86. The van der Waals surface area contributed by atoms with Crippen molar-refractivity contribution in [2.75, 3.05) is 26.5 Å². The van der Waals surface area contributed by atoms with Crippen molar-refractivity contribution >= 4 is 33.6 Å². The molecule has 2 aliphatic carbocycles. The topological polar surface area (TPSA) is 50.0 Å². The Hall–Kier alpha value is -1.95. The van der Waals surface area contributed by atoms with E-state index in [1.807, 2.05) is 11.3 Å². The van der Waals surface area contributed by atoms with Crippen LogP contribution in [0.1, 0.15) is 54.9 Å². The summed E-state index contributed by atoms with van der Waals surface area (Å²) in [6.07, 6.45) is 12.1. The molecule has 28 heavy (non-hydrogen) atoms. The van der Waals surface area contributed by atoms with Gasteiger partial charge in [0.15, 0.2) is 0 Å². The van der Waals surface area contributed by atoms with Crippen molar-refractivity contribution in [2.24, 2.45) is 5.92 Å². The molecule has 6 heteroatoms. The van der Waals surface area contributed by atoms with Crippen LogP contribution in [0.5, 0.6) is 0 Å². The minimum Gasteiger partial charge on any atom is -0.502 e. The number of methoxy groups -OCH3 is 1. The summed E-state index contributed by atoms with van der Waals surface area (Å²) < 4.78 is 7.55. The molecule has 0 aromatic carbocycles. The summed E-state index contributed by atoms with van der Waals surface area (Å²) in [6, 6.07) is 0.495. The molecule has 0 aliphatic heterocycles. The first-order valence-electron chi connectivity index (χ1n) is 10.3. The Kier molecular flexibility index (Phi) is 5.67. The van der Waals surface area contributed by atoms with Gasteiger partial charge in [0.25, 0.3) is 0 Å². The average molecular weight is 400 g/mol. The van der Waals surface area contributed by atoms with E-state index in [0.717, 1.165) is 29.2 Å². The molecular formula is C22H31N4OS+. The van der Waals surface area contributed by atoms with Crippen molar-refractivity contribution < 1.29 is 9.31 Å². The minimum atomic E-state index is 0.466. The third-order valence-corrected chi connectivity index (χ3v) is 7.29. The lowest BCUT2D eigenvalue weighted by molar-refractivity contribution is -0.462. The Morgan fingerprint density at radius 2 is 2.07 bits per heavy atom. The summed E-state index contributed by atoms with van der Waals surface area (Å²) in [4.78, 5) is 11.8. The lowest BCUT2D eigenvalue weighted by Crippen LogP contribution is -2.28. The number of thiophene rings is 1. The van der Waals surface area contributed by atoms with Gasteiger partial charge in [-0.05, 0) is 50.0 Å². The second-order valence-electron chi connectivity index (χ2n) is 8.39. The van der Waals surface area contributed by atoms with Crippen LogP contribution in [0, 0.1) is 5.92 Å². The molecule has 1 saturated carbocycles. The van der Waals surface area contributed by atoms with Gasteiger partial charge in [0.2, 0.25) is 0 Å². The maximum absolute atomic E-state index is 5.36. The molecule has 0 amide bonds. The molecule has 1 atom stereocenters. The number of aromatic nitrogens is 2. The van der Waals surface area contributed by atoms with Crippen LogP contribution in [0.2, 0.25) is 0 Å². The van der Waals surface area contributed by atoms with E-state index in [1.54, 1.807) is 13.4 Å². The molecule has 0 bridgehead atoms. The van der Waals surface area contributed by atoms with Crippen LogP contribution < -0.4 is 5.32 Å². The first kappa shape index (κ1) is 19.4. The number of anilines is 1. The maximum atomic E-state index is 5.36. The average Bonchev–Trinajstić information content (AvgIpc) is 3.23. The summed E-state index contributed by atoms with van der Waals surface area (Å²) in [7, 11) is 5.95. The Bertz CT molecular complexity index is 891. The van der Waals surface area contributed by atoms with Crippen LogP contribution in [0.15, 0.2) is 18.7 Å². The van der Waals surface area contributed by atoms with Crippen LogP contribution >= 0.6 is 11.3 Å². The standard InChI is InChI=1S/C22H31N4OS/c1-14(27-4)11-16-7-10-18-19(16)20-21(23-13-24-22(20)28-18)25-17-8-5-15(6-9-17)12-26(2)3/h12-13,15-17H,1,5-11H2,2-4H3,(H,23,24,25)/q+1. The summed E-state index contributed by atoms with van der Waals surface area (Å²) in [6.45, 7) is 4.05. The number of aryl methyl sites for hydroxylation is 1. The summed E-state index contributed by atoms with van der Waals surface area (Å²) in [5.74, 6) is 3.05. The van der Waals surface area contributed by atoms with Crippen LogP contribution in [0.25, 0.3) is 10.2 Å². The number of fused-ring (bicyclic) bond motifs is 3. The van der Waals surface area contributed by atoms with E-state index in [-0.39, 0.29) is 0 Å². The molecule has 150 valence electrons. The summed E-state index contributed by atoms with van der Waals surface area (Å²) in [5.41, 5.74) is 1.44. The van der Waals surface area contributed by atoms with Crippen molar-refractivity contribution in [1.29, 1.82) is 0 Å².